The van der Waals surface area contributed by atoms with E-state index in [-0.39, 0.29) is 0 Å². The van der Waals surface area contributed by atoms with Crippen LogP contribution in [0.4, 0.5) is 13.2 Å². The molecule has 1 atom stereocenters. The molecule has 0 saturated heterocycles. The second-order valence-corrected chi connectivity index (χ2v) is 5.46. The Kier molecular flexibility index (Phi) is 5.91. The highest BCUT2D eigenvalue weighted by atomic mass is 127. The number of alkyl halides is 4. The first-order chi connectivity index (χ1) is 8.34. The maximum atomic E-state index is 12.4. The first-order valence-electron chi connectivity index (χ1n) is 5.80. The Bertz CT molecular complexity index is 359. The lowest BCUT2D eigenvalue weighted by atomic mass is 10.1. The van der Waals surface area contributed by atoms with E-state index in [1.54, 1.807) is 0 Å². The van der Waals surface area contributed by atoms with E-state index in [1.165, 1.54) is 12.1 Å². The molecule has 0 saturated carbocycles. The van der Waals surface area contributed by atoms with Crippen LogP contribution in [0.1, 0.15) is 25.0 Å². The van der Waals surface area contributed by atoms with E-state index < -0.39 is 11.7 Å². The summed E-state index contributed by atoms with van der Waals surface area (Å²) >= 11 is 2.31. The monoisotopic (exact) mass is 371 g/mol. The maximum absolute atomic E-state index is 12.4. The van der Waals surface area contributed by atoms with Crippen molar-refractivity contribution in [2.75, 3.05) is 4.43 Å². The molecule has 0 bridgehead atoms. The van der Waals surface area contributed by atoms with E-state index in [0.717, 1.165) is 22.1 Å². The molecule has 0 heterocycles. The van der Waals surface area contributed by atoms with Gasteiger partial charge in [-0.1, -0.05) is 48.6 Å². The van der Waals surface area contributed by atoms with Gasteiger partial charge < -0.3 is 5.32 Å². The number of rotatable bonds is 5. The molecule has 1 nitrogen and oxygen atoms in total. The van der Waals surface area contributed by atoms with Crippen molar-refractivity contribution < 1.29 is 13.2 Å². The Balaban J connectivity index is 2.59. The highest BCUT2D eigenvalue weighted by Crippen LogP contribution is 2.29. The molecule has 102 valence electrons. The van der Waals surface area contributed by atoms with Gasteiger partial charge in [-0.3, -0.25) is 0 Å². The molecule has 0 spiro atoms. The minimum absolute atomic E-state index is 0.382. The lowest BCUT2D eigenvalue weighted by Gasteiger charge is -2.20. The van der Waals surface area contributed by atoms with Gasteiger partial charge in [0.25, 0.3) is 0 Å². The Morgan fingerprint density at radius 1 is 1.17 bits per heavy atom. The predicted octanol–water partition coefficient (Wildman–Crippen LogP) is 4.25. The van der Waals surface area contributed by atoms with Crippen LogP contribution in [0.2, 0.25) is 0 Å². The van der Waals surface area contributed by atoms with E-state index in [2.05, 4.69) is 41.8 Å². The summed E-state index contributed by atoms with van der Waals surface area (Å²) < 4.78 is 38.1. The molecule has 0 aliphatic heterocycles. The summed E-state index contributed by atoms with van der Waals surface area (Å²) in [7, 11) is 0. The van der Waals surface area contributed by atoms with E-state index in [0.29, 0.717) is 18.5 Å². The van der Waals surface area contributed by atoms with Crippen LogP contribution < -0.4 is 5.32 Å². The average molecular weight is 371 g/mol. The van der Waals surface area contributed by atoms with Gasteiger partial charge >= 0.3 is 6.18 Å². The zero-order valence-corrected chi connectivity index (χ0v) is 12.5. The Labute approximate surface area is 119 Å². The molecule has 1 aromatic carbocycles. The van der Waals surface area contributed by atoms with Crippen molar-refractivity contribution in [3.05, 3.63) is 35.4 Å². The maximum Gasteiger partial charge on any atom is 0.416 e. The molecule has 0 aliphatic rings. The van der Waals surface area contributed by atoms with Gasteiger partial charge in [0.15, 0.2) is 0 Å². The first kappa shape index (κ1) is 15.8. The van der Waals surface area contributed by atoms with E-state index in [9.17, 15) is 13.2 Å². The lowest BCUT2D eigenvalue weighted by Crippen LogP contribution is -2.34. The number of benzene rings is 1. The molecule has 5 heteroatoms. The van der Waals surface area contributed by atoms with Gasteiger partial charge in [-0.2, -0.15) is 13.2 Å². The third-order valence-corrected chi connectivity index (χ3v) is 3.77. The fourth-order valence-corrected chi connectivity index (χ4v) is 2.86. The highest BCUT2D eigenvalue weighted by molar-refractivity contribution is 14.1. The standard InChI is InChI=1S/C13H17F3IN/c1-9(2)12(7-17)18-8-10-3-5-11(6-4-10)13(14,15)16/h3-6,9,12,18H,7-8H2,1-2H3. The summed E-state index contributed by atoms with van der Waals surface area (Å²) in [6.07, 6.45) is -4.26. The van der Waals surface area contributed by atoms with Crippen molar-refractivity contribution in [2.45, 2.75) is 32.6 Å². The topological polar surface area (TPSA) is 12.0 Å². The second-order valence-electron chi connectivity index (χ2n) is 4.58. The van der Waals surface area contributed by atoms with Crippen LogP contribution in [-0.2, 0) is 12.7 Å². The van der Waals surface area contributed by atoms with Gasteiger partial charge in [-0.05, 0) is 23.6 Å². The van der Waals surface area contributed by atoms with Crippen LogP contribution in [-0.4, -0.2) is 10.5 Å². The minimum atomic E-state index is -4.26. The average Bonchev–Trinajstić information content (AvgIpc) is 2.29. The largest absolute Gasteiger partial charge is 0.416 e. The Morgan fingerprint density at radius 2 is 1.72 bits per heavy atom. The van der Waals surface area contributed by atoms with Crippen LogP contribution in [0.15, 0.2) is 24.3 Å². The normalized spacial score (nSPS) is 13.9. The van der Waals surface area contributed by atoms with Crippen molar-refractivity contribution in [3.63, 3.8) is 0 Å². The third kappa shape index (κ3) is 4.76. The van der Waals surface area contributed by atoms with Gasteiger partial charge in [-0.15, -0.1) is 0 Å². The zero-order valence-electron chi connectivity index (χ0n) is 10.4. The number of hydrogen-bond acceptors (Lipinski definition) is 1. The van der Waals surface area contributed by atoms with E-state index in [4.69, 9.17) is 0 Å². The van der Waals surface area contributed by atoms with Crippen LogP contribution in [0, 0.1) is 5.92 Å². The minimum Gasteiger partial charge on any atom is -0.309 e. The van der Waals surface area contributed by atoms with Crippen LogP contribution in [0.25, 0.3) is 0 Å². The zero-order chi connectivity index (χ0) is 13.8. The van der Waals surface area contributed by atoms with E-state index in [1.807, 2.05) is 0 Å². The van der Waals surface area contributed by atoms with Crippen molar-refractivity contribution in [2.24, 2.45) is 5.92 Å². The Hall–Kier alpha value is -0.300. The molecule has 0 amide bonds. The SMILES string of the molecule is CC(C)C(CI)NCc1ccc(C(F)(F)F)cc1. The van der Waals surface area contributed by atoms with E-state index >= 15 is 0 Å². The smallest absolute Gasteiger partial charge is 0.309 e. The van der Waals surface area contributed by atoms with Crippen molar-refractivity contribution >= 4 is 22.6 Å². The molecule has 0 fully saturated rings. The molecule has 0 aromatic heterocycles. The van der Waals surface area contributed by atoms with Crippen LogP contribution in [0.5, 0.6) is 0 Å². The second kappa shape index (κ2) is 6.75. The predicted molar refractivity (Wildman–Crippen MR) is 75.8 cm³/mol. The number of nitrogens with one attached hydrogen (secondary N) is 1. The summed E-state index contributed by atoms with van der Waals surface area (Å²) in [5.41, 5.74) is 0.277. The van der Waals surface area contributed by atoms with Crippen molar-refractivity contribution in [1.82, 2.24) is 5.32 Å². The number of hydrogen-bond donors (Lipinski definition) is 1. The summed E-state index contributed by atoms with van der Waals surface area (Å²) in [6.45, 7) is 4.86. The van der Waals surface area contributed by atoms with Gasteiger partial charge in [0.1, 0.15) is 0 Å². The summed E-state index contributed by atoms with van der Waals surface area (Å²) in [6, 6.07) is 5.70. The highest BCUT2D eigenvalue weighted by Gasteiger charge is 2.29. The molecule has 1 unspecified atom stereocenters. The third-order valence-electron chi connectivity index (χ3n) is 2.82. The lowest BCUT2D eigenvalue weighted by molar-refractivity contribution is -0.137. The molecule has 1 N–H and O–H groups in total. The van der Waals surface area contributed by atoms with Crippen LogP contribution in [0.3, 0.4) is 0 Å². The van der Waals surface area contributed by atoms with Crippen LogP contribution >= 0.6 is 22.6 Å². The van der Waals surface area contributed by atoms with Gasteiger partial charge in [0.2, 0.25) is 0 Å². The molecule has 18 heavy (non-hydrogen) atoms. The van der Waals surface area contributed by atoms with Crippen molar-refractivity contribution in [1.29, 1.82) is 0 Å². The molecule has 0 aliphatic carbocycles. The fraction of sp³-hybridized carbons (Fsp3) is 0.538. The first-order valence-corrected chi connectivity index (χ1v) is 7.32. The molecule has 1 rings (SSSR count). The Morgan fingerprint density at radius 3 is 2.11 bits per heavy atom. The van der Waals surface area contributed by atoms with Gasteiger partial charge in [-0.25, -0.2) is 0 Å². The summed E-state index contributed by atoms with van der Waals surface area (Å²) in [5.74, 6) is 0.511. The fourth-order valence-electron chi connectivity index (χ4n) is 1.53. The van der Waals surface area contributed by atoms with Gasteiger partial charge in [0, 0.05) is 17.0 Å². The quantitative estimate of drug-likeness (QED) is 0.603. The van der Waals surface area contributed by atoms with Crippen molar-refractivity contribution in [3.8, 4) is 0 Å². The summed E-state index contributed by atoms with van der Waals surface area (Å²) in [4.78, 5) is 0. The number of halogens is 4. The summed E-state index contributed by atoms with van der Waals surface area (Å²) in [5, 5.41) is 3.35. The molecule has 0 radical (unpaired) electrons. The molecular formula is C13H17F3IN. The van der Waals surface area contributed by atoms with Gasteiger partial charge in [0.05, 0.1) is 5.56 Å². The molecular weight excluding hydrogens is 354 g/mol. The molecule has 1 aromatic rings.